The van der Waals surface area contributed by atoms with Crippen LogP contribution in [0.15, 0.2) is 28.7 Å². The van der Waals surface area contributed by atoms with E-state index in [1.54, 1.807) is 0 Å². The predicted molar refractivity (Wildman–Crippen MR) is 83.3 cm³/mol. The van der Waals surface area contributed by atoms with Gasteiger partial charge >= 0.3 is 5.97 Å². The van der Waals surface area contributed by atoms with Crippen LogP contribution < -0.4 is 10.6 Å². The quantitative estimate of drug-likeness (QED) is 0.765. The number of hydrogen-bond donors (Lipinski definition) is 3. The van der Waals surface area contributed by atoms with E-state index in [0.717, 1.165) is 20.9 Å². The summed E-state index contributed by atoms with van der Waals surface area (Å²) >= 11 is 3.49. The highest BCUT2D eigenvalue weighted by Crippen LogP contribution is 2.28. The van der Waals surface area contributed by atoms with E-state index in [0.29, 0.717) is 5.82 Å². The van der Waals surface area contributed by atoms with Gasteiger partial charge in [-0.1, -0.05) is 28.1 Å². The standard InChI is InChI=1S/C14H14BrN3O3/c1-8-5-10-9(3-2-4-11(10)15)14(18-8)17-6-12(19)16-7-13(20)21/h2-5H,6-7H2,1H3,(H,16,19)(H,17,18)(H,20,21). The lowest BCUT2D eigenvalue weighted by Crippen LogP contribution is -2.34. The summed E-state index contributed by atoms with van der Waals surface area (Å²) in [6.45, 7) is 1.44. The smallest absolute Gasteiger partial charge is 0.322 e. The first-order valence-electron chi connectivity index (χ1n) is 6.25. The molecule has 1 aromatic carbocycles. The van der Waals surface area contributed by atoms with Crippen LogP contribution in [-0.4, -0.2) is 35.1 Å². The van der Waals surface area contributed by atoms with Crippen molar-refractivity contribution < 1.29 is 14.7 Å². The number of rotatable bonds is 5. The SMILES string of the molecule is Cc1cc2c(Br)cccc2c(NCC(=O)NCC(=O)O)n1. The number of carboxylic acid groups (broad SMARTS) is 1. The first-order valence-corrected chi connectivity index (χ1v) is 7.05. The molecule has 0 aliphatic heterocycles. The molecule has 0 radical (unpaired) electrons. The second kappa shape index (κ2) is 6.53. The first kappa shape index (κ1) is 15.2. The number of aryl methyl sites for hydroxylation is 1. The second-order valence-corrected chi connectivity index (χ2v) is 5.33. The summed E-state index contributed by atoms with van der Waals surface area (Å²) in [4.78, 5) is 26.3. The third-order valence-corrected chi connectivity index (χ3v) is 3.49. The van der Waals surface area contributed by atoms with Crippen molar-refractivity contribution in [1.82, 2.24) is 10.3 Å². The fraction of sp³-hybridized carbons (Fsp3) is 0.214. The Balaban J connectivity index is 2.17. The molecule has 2 aromatic rings. The zero-order chi connectivity index (χ0) is 15.4. The Morgan fingerprint density at radius 2 is 2.05 bits per heavy atom. The fourth-order valence-electron chi connectivity index (χ4n) is 1.90. The van der Waals surface area contributed by atoms with E-state index >= 15 is 0 Å². The number of aliphatic carboxylic acids is 1. The molecule has 2 rings (SSSR count). The Bertz CT molecular complexity index is 703. The predicted octanol–water partition coefficient (Wildman–Crippen LogP) is 1.92. The van der Waals surface area contributed by atoms with Gasteiger partial charge in [0.2, 0.25) is 5.91 Å². The maximum atomic E-state index is 11.5. The van der Waals surface area contributed by atoms with E-state index in [1.807, 2.05) is 31.2 Å². The van der Waals surface area contributed by atoms with E-state index in [4.69, 9.17) is 5.11 Å². The number of nitrogens with one attached hydrogen (secondary N) is 2. The summed E-state index contributed by atoms with van der Waals surface area (Å²) in [5, 5.41) is 15.6. The molecule has 0 unspecified atom stereocenters. The topological polar surface area (TPSA) is 91.3 Å². The van der Waals surface area contributed by atoms with Crippen LogP contribution in [0.2, 0.25) is 0 Å². The molecule has 1 aromatic heterocycles. The summed E-state index contributed by atoms with van der Waals surface area (Å²) in [5.41, 5.74) is 0.822. The van der Waals surface area contributed by atoms with Crippen molar-refractivity contribution in [3.63, 3.8) is 0 Å². The average molecular weight is 352 g/mol. The molecule has 0 aliphatic rings. The van der Waals surface area contributed by atoms with Crippen LogP contribution in [-0.2, 0) is 9.59 Å². The summed E-state index contributed by atoms with van der Waals surface area (Å²) < 4.78 is 0.948. The van der Waals surface area contributed by atoms with Gasteiger partial charge in [-0.05, 0) is 19.1 Å². The average Bonchev–Trinajstić information content (AvgIpc) is 2.43. The lowest BCUT2D eigenvalue weighted by Gasteiger charge is -2.11. The minimum absolute atomic E-state index is 0.0364. The van der Waals surface area contributed by atoms with E-state index in [2.05, 4.69) is 31.5 Å². The molecule has 0 saturated carbocycles. The highest BCUT2D eigenvalue weighted by atomic mass is 79.9. The number of benzene rings is 1. The fourth-order valence-corrected chi connectivity index (χ4v) is 2.38. The van der Waals surface area contributed by atoms with Gasteiger partial charge in [0.25, 0.3) is 0 Å². The van der Waals surface area contributed by atoms with Gasteiger partial charge in [-0.3, -0.25) is 9.59 Å². The van der Waals surface area contributed by atoms with Crippen LogP contribution in [0.5, 0.6) is 0 Å². The van der Waals surface area contributed by atoms with Gasteiger partial charge in [0.1, 0.15) is 12.4 Å². The molecule has 6 nitrogen and oxygen atoms in total. The monoisotopic (exact) mass is 351 g/mol. The molecule has 0 fully saturated rings. The van der Waals surface area contributed by atoms with E-state index < -0.39 is 18.4 Å². The summed E-state index contributed by atoms with van der Waals surface area (Å²) in [7, 11) is 0. The zero-order valence-electron chi connectivity index (χ0n) is 11.3. The van der Waals surface area contributed by atoms with Crippen LogP contribution in [0.3, 0.4) is 0 Å². The maximum Gasteiger partial charge on any atom is 0.322 e. The highest BCUT2D eigenvalue weighted by molar-refractivity contribution is 9.10. The molecule has 110 valence electrons. The van der Waals surface area contributed by atoms with Crippen molar-refractivity contribution in [2.24, 2.45) is 0 Å². The van der Waals surface area contributed by atoms with Gasteiger partial charge in [0, 0.05) is 20.9 Å². The second-order valence-electron chi connectivity index (χ2n) is 4.47. The van der Waals surface area contributed by atoms with Crippen LogP contribution in [0.25, 0.3) is 10.8 Å². The molecule has 0 saturated heterocycles. The summed E-state index contributed by atoms with van der Waals surface area (Å²) in [6, 6.07) is 7.68. The molecule has 0 aliphatic carbocycles. The normalized spacial score (nSPS) is 10.4. The molecule has 1 heterocycles. The van der Waals surface area contributed by atoms with Crippen molar-refractivity contribution in [3.8, 4) is 0 Å². The van der Waals surface area contributed by atoms with Crippen molar-refractivity contribution in [2.45, 2.75) is 6.92 Å². The number of nitrogens with zero attached hydrogens (tertiary/aromatic N) is 1. The number of fused-ring (bicyclic) bond motifs is 1. The Hall–Kier alpha value is -2.15. The molecule has 3 N–H and O–H groups in total. The number of carbonyl (C=O) groups excluding carboxylic acids is 1. The first-order chi connectivity index (χ1) is 9.97. The van der Waals surface area contributed by atoms with Gasteiger partial charge in [0.05, 0.1) is 6.54 Å². The largest absolute Gasteiger partial charge is 0.480 e. The van der Waals surface area contributed by atoms with Gasteiger partial charge in [-0.2, -0.15) is 0 Å². The minimum Gasteiger partial charge on any atom is -0.480 e. The highest BCUT2D eigenvalue weighted by Gasteiger charge is 2.09. The molecule has 0 bridgehead atoms. The molecular weight excluding hydrogens is 338 g/mol. The summed E-state index contributed by atoms with van der Waals surface area (Å²) in [6.07, 6.45) is 0. The van der Waals surface area contributed by atoms with Gasteiger partial charge in [-0.15, -0.1) is 0 Å². The molecule has 0 spiro atoms. The van der Waals surface area contributed by atoms with Gasteiger partial charge in [0.15, 0.2) is 0 Å². The summed E-state index contributed by atoms with van der Waals surface area (Å²) in [5.74, 6) is -0.882. The lowest BCUT2D eigenvalue weighted by molar-refractivity contribution is -0.137. The van der Waals surface area contributed by atoms with Crippen molar-refractivity contribution in [1.29, 1.82) is 0 Å². The third kappa shape index (κ3) is 3.91. The Morgan fingerprint density at radius 1 is 1.29 bits per heavy atom. The van der Waals surface area contributed by atoms with E-state index in [-0.39, 0.29) is 6.54 Å². The van der Waals surface area contributed by atoms with Crippen molar-refractivity contribution >= 4 is 44.4 Å². The number of halogens is 1. The molecule has 0 atom stereocenters. The number of carbonyl (C=O) groups is 2. The zero-order valence-corrected chi connectivity index (χ0v) is 12.9. The van der Waals surface area contributed by atoms with Crippen LogP contribution >= 0.6 is 15.9 Å². The molecule has 7 heteroatoms. The van der Waals surface area contributed by atoms with E-state index in [1.165, 1.54) is 0 Å². The van der Waals surface area contributed by atoms with Crippen molar-refractivity contribution in [2.75, 3.05) is 18.4 Å². The van der Waals surface area contributed by atoms with Crippen LogP contribution in [0, 0.1) is 6.92 Å². The van der Waals surface area contributed by atoms with Crippen LogP contribution in [0.1, 0.15) is 5.69 Å². The van der Waals surface area contributed by atoms with Crippen LogP contribution in [0.4, 0.5) is 5.82 Å². The number of anilines is 1. The third-order valence-electron chi connectivity index (χ3n) is 2.80. The number of carboxylic acids is 1. The Morgan fingerprint density at radius 3 is 2.76 bits per heavy atom. The maximum absolute atomic E-state index is 11.5. The number of pyridine rings is 1. The molecule has 1 amide bonds. The number of hydrogen-bond acceptors (Lipinski definition) is 4. The number of aromatic nitrogens is 1. The minimum atomic E-state index is -1.08. The Labute approximate surface area is 129 Å². The molecule has 21 heavy (non-hydrogen) atoms. The Kier molecular flexibility index (Phi) is 4.74. The van der Waals surface area contributed by atoms with Gasteiger partial charge < -0.3 is 15.7 Å². The van der Waals surface area contributed by atoms with E-state index in [9.17, 15) is 9.59 Å². The number of amides is 1. The lowest BCUT2D eigenvalue weighted by atomic mass is 10.1. The molecular formula is C14H14BrN3O3. The van der Waals surface area contributed by atoms with Gasteiger partial charge in [-0.25, -0.2) is 4.98 Å². The van der Waals surface area contributed by atoms with Crippen molar-refractivity contribution in [3.05, 3.63) is 34.4 Å².